The molecule has 17 heavy (non-hydrogen) atoms. The van der Waals surface area contributed by atoms with Gasteiger partial charge in [0.2, 0.25) is 0 Å². The molecule has 1 unspecified atom stereocenters. The minimum Gasteiger partial charge on any atom is -0.480 e. The fourth-order valence-corrected chi connectivity index (χ4v) is 2.71. The summed E-state index contributed by atoms with van der Waals surface area (Å²) in [5.74, 6) is -0.695. The number of carbonyl (C=O) groups is 1. The smallest absolute Gasteiger partial charge is 0.324 e. The molecule has 94 valence electrons. The van der Waals surface area contributed by atoms with Crippen molar-refractivity contribution in [1.82, 2.24) is 14.7 Å². The molecule has 2 heterocycles. The highest BCUT2D eigenvalue weighted by atomic mass is 16.4. The third kappa shape index (κ3) is 1.95. The van der Waals surface area contributed by atoms with E-state index < -0.39 is 11.5 Å². The van der Waals surface area contributed by atoms with Crippen LogP contribution >= 0.6 is 0 Å². The third-order valence-corrected chi connectivity index (χ3v) is 3.88. The molecule has 1 saturated heterocycles. The molecular formula is C12H19N3O2. The molecule has 1 N–H and O–H groups in total. The van der Waals surface area contributed by atoms with Crippen LogP contribution in [0, 0.1) is 0 Å². The number of carboxylic acids is 1. The number of rotatable bonds is 4. The van der Waals surface area contributed by atoms with Crippen molar-refractivity contribution in [2.45, 2.75) is 38.3 Å². The van der Waals surface area contributed by atoms with Crippen LogP contribution in [0.1, 0.15) is 31.9 Å². The van der Waals surface area contributed by atoms with Crippen molar-refractivity contribution < 1.29 is 9.90 Å². The summed E-state index contributed by atoms with van der Waals surface area (Å²) in [6.07, 6.45) is 4.11. The monoisotopic (exact) mass is 237 g/mol. The number of likely N-dealkylation sites (tertiary alicyclic amines) is 1. The second kappa shape index (κ2) is 4.49. The van der Waals surface area contributed by atoms with Crippen LogP contribution in [0.25, 0.3) is 0 Å². The molecule has 1 fully saturated rings. The molecule has 0 saturated carbocycles. The van der Waals surface area contributed by atoms with Crippen LogP contribution in [0.4, 0.5) is 0 Å². The number of carboxylic acid groups (broad SMARTS) is 1. The van der Waals surface area contributed by atoms with E-state index in [0.29, 0.717) is 13.0 Å². The van der Waals surface area contributed by atoms with E-state index in [1.165, 1.54) is 0 Å². The minimum absolute atomic E-state index is 0.653. The quantitative estimate of drug-likeness (QED) is 0.856. The van der Waals surface area contributed by atoms with Gasteiger partial charge in [0.15, 0.2) is 0 Å². The molecule has 0 bridgehead atoms. The predicted octanol–water partition coefficient (Wildman–Crippen LogP) is 1.25. The zero-order valence-corrected chi connectivity index (χ0v) is 10.4. The van der Waals surface area contributed by atoms with E-state index in [-0.39, 0.29) is 0 Å². The number of aromatic nitrogens is 2. The Kier molecular flexibility index (Phi) is 3.19. The highest BCUT2D eigenvalue weighted by molar-refractivity contribution is 5.79. The van der Waals surface area contributed by atoms with Crippen molar-refractivity contribution in [3.63, 3.8) is 0 Å². The Balaban J connectivity index is 2.20. The largest absolute Gasteiger partial charge is 0.480 e. The lowest BCUT2D eigenvalue weighted by Gasteiger charge is -2.33. The predicted molar refractivity (Wildman–Crippen MR) is 63.5 cm³/mol. The summed E-state index contributed by atoms with van der Waals surface area (Å²) in [6.45, 7) is 3.47. The van der Waals surface area contributed by atoms with Gasteiger partial charge in [-0.3, -0.25) is 14.4 Å². The summed E-state index contributed by atoms with van der Waals surface area (Å²) >= 11 is 0. The Labute approximate surface area is 101 Å². The highest BCUT2D eigenvalue weighted by Gasteiger charge is 2.46. The van der Waals surface area contributed by atoms with Crippen LogP contribution in [-0.4, -0.2) is 37.8 Å². The van der Waals surface area contributed by atoms with Gasteiger partial charge in [-0.1, -0.05) is 6.92 Å². The van der Waals surface area contributed by atoms with Gasteiger partial charge in [-0.2, -0.15) is 5.10 Å². The van der Waals surface area contributed by atoms with Crippen molar-refractivity contribution in [3.05, 3.63) is 18.0 Å². The summed E-state index contributed by atoms with van der Waals surface area (Å²) in [6, 6.07) is 1.95. The van der Waals surface area contributed by atoms with Gasteiger partial charge in [-0.05, 0) is 31.9 Å². The first-order chi connectivity index (χ1) is 8.10. The van der Waals surface area contributed by atoms with Gasteiger partial charge in [0.05, 0.1) is 5.69 Å². The number of hydrogen-bond donors (Lipinski definition) is 1. The Morgan fingerprint density at radius 1 is 1.65 bits per heavy atom. The standard InChI is InChI=1S/C12H19N3O2/c1-3-12(11(16)17)6-4-8-15(12)9-10-5-7-13-14(10)2/h5,7H,3-4,6,8-9H2,1-2H3,(H,16,17). The van der Waals surface area contributed by atoms with Crippen molar-refractivity contribution in [1.29, 1.82) is 0 Å². The Hall–Kier alpha value is -1.36. The molecule has 1 aliphatic heterocycles. The van der Waals surface area contributed by atoms with Gasteiger partial charge in [0, 0.05) is 19.8 Å². The Bertz CT molecular complexity index is 416. The lowest BCUT2D eigenvalue weighted by Crippen LogP contribution is -2.49. The van der Waals surface area contributed by atoms with Gasteiger partial charge < -0.3 is 5.11 Å². The average molecular weight is 237 g/mol. The summed E-state index contributed by atoms with van der Waals surface area (Å²) in [5, 5.41) is 13.6. The average Bonchev–Trinajstić information content (AvgIpc) is 2.87. The number of aryl methyl sites for hydroxylation is 1. The zero-order valence-electron chi connectivity index (χ0n) is 10.4. The van der Waals surface area contributed by atoms with Gasteiger partial charge >= 0.3 is 5.97 Å². The lowest BCUT2D eigenvalue weighted by atomic mass is 9.93. The van der Waals surface area contributed by atoms with Crippen molar-refractivity contribution >= 4 is 5.97 Å². The molecule has 0 aromatic carbocycles. The summed E-state index contributed by atoms with van der Waals surface area (Å²) in [5.41, 5.74) is 0.385. The molecule has 0 aliphatic carbocycles. The summed E-state index contributed by atoms with van der Waals surface area (Å²) in [4.78, 5) is 13.6. The maximum absolute atomic E-state index is 11.5. The fourth-order valence-electron chi connectivity index (χ4n) is 2.71. The van der Waals surface area contributed by atoms with E-state index in [1.807, 2.05) is 20.0 Å². The van der Waals surface area contributed by atoms with Crippen molar-refractivity contribution in [2.75, 3.05) is 6.54 Å². The van der Waals surface area contributed by atoms with E-state index in [1.54, 1.807) is 10.9 Å². The Morgan fingerprint density at radius 3 is 2.94 bits per heavy atom. The van der Waals surface area contributed by atoms with Gasteiger partial charge in [-0.15, -0.1) is 0 Å². The van der Waals surface area contributed by atoms with Crippen LogP contribution in [-0.2, 0) is 18.4 Å². The van der Waals surface area contributed by atoms with Gasteiger partial charge in [-0.25, -0.2) is 0 Å². The topological polar surface area (TPSA) is 58.4 Å². The van der Waals surface area contributed by atoms with E-state index in [2.05, 4.69) is 10.00 Å². The first-order valence-corrected chi connectivity index (χ1v) is 6.05. The maximum atomic E-state index is 11.5. The second-order valence-electron chi connectivity index (χ2n) is 4.66. The molecule has 5 nitrogen and oxygen atoms in total. The molecule has 0 radical (unpaired) electrons. The van der Waals surface area contributed by atoms with Crippen LogP contribution in [0.2, 0.25) is 0 Å². The molecule has 0 spiro atoms. The summed E-state index contributed by atoms with van der Waals surface area (Å²) in [7, 11) is 1.89. The van der Waals surface area contributed by atoms with E-state index >= 15 is 0 Å². The molecule has 5 heteroatoms. The van der Waals surface area contributed by atoms with Gasteiger partial charge in [0.25, 0.3) is 0 Å². The molecule has 1 aliphatic rings. The van der Waals surface area contributed by atoms with Crippen molar-refractivity contribution in [2.24, 2.45) is 7.05 Å². The maximum Gasteiger partial charge on any atom is 0.324 e. The first-order valence-electron chi connectivity index (χ1n) is 6.05. The van der Waals surface area contributed by atoms with Crippen LogP contribution < -0.4 is 0 Å². The molecule has 0 amide bonds. The SMILES string of the molecule is CCC1(C(=O)O)CCCN1Cc1ccnn1C. The van der Waals surface area contributed by atoms with Crippen molar-refractivity contribution in [3.8, 4) is 0 Å². The van der Waals surface area contributed by atoms with Gasteiger partial charge in [0.1, 0.15) is 5.54 Å². The third-order valence-electron chi connectivity index (χ3n) is 3.88. The van der Waals surface area contributed by atoms with E-state index in [9.17, 15) is 9.90 Å². The number of hydrogen-bond acceptors (Lipinski definition) is 3. The Morgan fingerprint density at radius 2 is 2.41 bits per heavy atom. The summed E-state index contributed by atoms with van der Waals surface area (Å²) < 4.78 is 1.81. The molecule has 1 aromatic rings. The normalized spacial score (nSPS) is 25.3. The first kappa shape index (κ1) is 12.1. The molecule has 1 atom stereocenters. The lowest BCUT2D eigenvalue weighted by molar-refractivity contribution is -0.150. The van der Waals surface area contributed by atoms with E-state index in [4.69, 9.17) is 0 Å². The zero-order chi connectivity index (χ0) is 12.5. The van der Waals surface area contributed by atoms with Crippen LogP contribution in [0.15, 0.2) is 12.3 Å². The number of nitrogens with zero attached hydrogens (tertiary/aromatic N) is 3. The molecule has 1 aromatic heterocycles. The highest BCUT2D eigenvalue weighted by Crippen LogP contribution is 2.33. The number of aliphatic carboxylic acids is 1. The molecule has 2 rings (SSSR count). The van der Waals surface area contributed by atoms with E-state index in [0.717, 1.165) is 25.1 Å². The van der Waals surface area contributed by atoms with Crippen LogP contribution in [0.3, 0.4) is 0 Å². The second-order valence-corrected chi connectivity index (χ2v) is 4.66. The van der Waals surface area contributed by atoms with Crippen LogP contribution in [0.5, 0.6) is 0 Å². The molecular weight excluding hydrogens is 218 g/mol. The minimum atomic E-state index is -0.695. The fraction of sp³-hybridized carbons (Fsp3) is 0.667.